The Morgan fingerprint density at radius 3 is 2.91 bits per heavy atom. The molecule has 0 aromatic carbocycles. The number of hydrogen-bond donors (Lipinski definition) is 1. The zero-order chi connectivity index (χ0) is 8.32. The van der Waals surface area contributed by atoms with E-state index in [4.69, 9.17) is 0 Å². The summed E-state index contributed by atoms with van der Waals surface area (Å²) in [5.41, 5.74) is 4.77. The second kappa shape index (κ2) is 3.24. The van der Waals surface area contributed by atoms with Gasteiger partial charge in [-0.25, -0.2) is 0 Å². The molecule has 0 spiro atoms. The molecule has 0 aromatic heterocycles. The van der Waals surface area contributed by atoms with Gasteiger partial charge in [-0.2, -0.15) is 5.10 Å². The molecule has 1 rings (SSSR count). The number of nitrogens with one attached hydrogen (secondary N) is 1. The summed E-state index contributed by atoms with van der Waals surface area (Å²) in [6.45, 7) is 7.67. The molecule has 1 N–H and O–H groups in total. The van der Waals surface area contributed by atoms with E-state index in [0.29, 0.717) is 5.41 Å². The largest absolute Gasteiger partial charge is 0.310 e. The molecule has 0 aliphatic carbocycles. The fraction of sp³-hybridized carbons (Fsp3) is 0.889. The van der Waals surface area contributed by atoms with Crippen molar-refractivity contribution in [2.24, 2.45) is 10.5 Å². The Hall–Kier alpha value is -0.530. The van der Waals surface area contributed by atoms with Crippen molar-refractivity contribution in [2.75, 3.05) is 6.54 Å². The summed E-state index contributed by atoms with van der Waals surface area (Å²) in [6.07, 6.45) is 3.73. The van der Waals surface area contributed by atoms with Gasteiger partial charge >= 0.3 is 0 Å². The maximum atomic E-state index is 4.25. The lowest BCUT2D eigenvalue weighted by Gasteiger charge is -2.25. The zero-order valence-electron chi connectivity index (χ0n) is 7.78. The third-order valence-electron chi connectivity index (χ3n) is 2.22. The predicted octanol–water partition coefficient (Wildman–Crippen LogP) is 2.16. The maximum absolute atomic E-state index is 4.25. The van der Waals surface area contributed by atoms with Crippen LogP contribution in [0.2, 0.25) is 0 Å². The molecule has 0 atom stereocenters. The number of hydrogen-bond acceptors (Lipinski definition) is 2. The normalized spacial score (nSPS) is 29.2. The molecule has 11 heavy (non-hydrogen) atoms. The molecular formula is C9H18N2. The molecule has 0 amide bonds. The molecule has 2 nitrogen and oxygen atoms in total. The molecular weight excluding hydrogens is 136 g/mol. The Morgan fingerprint density at radius 1 is 1.45 bits per heavy atom. The molecule has 0 fully saturated rings. The van der Waals surface area contributed by atoms with E-state index in [1.54, 1.807) is 0 Å². The van der Waals surface area contributed by atoms with Gasteiger partial charge in [-0.05, 0) is 31.6 Å². The van der Waals surface area contributed by atoms with Crippen molar-refractivity contribution < 1.29 is 0 Å². The van der Waals surface area contributed by atoms with Crippen molar-refractivity contribution in [2.45, 2.75) is 40.0 Å². The summed E-state index contributed by atoms with van der Waals surface area (Å²) in [6, 6.07) is 0. The standard InChI is InChI=1S/C9H18N2/c1-8-5-4-6-9(2,3)7-10-11-8/h10H,4-7H2,1-3H3/b11-8-. The van der Waals surface area contributed by atoms with Gasteiger partial charge < -0.3 is 5.43 Å². The third kappa shape index (κ3) is 2.91. The van der Waals surface area contributed by atoms with Gasteiger partial charge in [-0.15, -0.1) is 0 Å². The Balaban J connectivity index is 2.50. The smallest absolute Gasteiger partial charge is 0.0380 e. The van der Waals surface area contributed by atoms with Crippen molar-refractivity contribution in [3.63, 3.8) is 0 Å². The quantitative estimate of drug-likeness (QED) is 0.568. The van der Waals surface area contributed by atoms with Gasteiger partial charge in [0.2, 0.25) is 0 Å². The van der Waals surface area contributed by atoms with Crippen molar-refractivity contribution in [3.05, 3.63) is 0 Å². The van der Waals surface area contributed by atoms with E-state index in [0.717, 1.165) is 13.0 Å². The summed E-state index contributed by atoms with van der Waals surface area (Å²) in [7, 11) is 0. The van der Waals surface area contributed by atoms with Crippen molar-refractivity contribution in [1.82, 2.24) is 5.43 Å². The maximum Gasteiger partial charge on any atom is 0.0380 e. The van der Waals surface area contributed by atoms with Crippen molar-refractivity contribution >= 4 is 5.71 Å². The van der Waals surface area contributed by atoms with Gasteiger partial charge in [0.1, 0.15) is 0 Å². The molecule has 1 aliphatic heterocycles. The van der Waals surface area contributed by atoms with Gasteiger partial charge in [0.25, 0.3) is 0 Å². The SMILES string of the molecule is C/C1=N/NCC(C)(C)CCC1. The summed E-state index contributed by atoms with van der Waals surface area (Å²) in [5, 5.41) is 4.25. The van der Waals surface area contributed by atoms with Gasteiger partial charge in [-0.1, -0.05) is 13.8 Å². The Labute approximate surface area is 69.1 Å². The van der Waals surface area contributed by atoms with Crippen molar-refractivity contribution in [1.29, 1.82) is 0 Å². The van der Waals surface area contributed by atoms with Gasteiger partial charge in [-0.3, -0.25) is 0 Å². The molecule has 0 saturated carbocycles. The molecule has 1 aliphatic rings. The van der Waals surface area contributed by atoms with Crippen LogP contribution >= 0.6 is 0 Å². The molecule has 0 aromatic rings. The summed E-state index contributed by atoms with van der Waals surface area (Å²) < 4.78 is 0. The van der Waals surface area contributed by atoms with Crippen LogP contribution in [0.4, 0.5) is 0 Å². The lowest BCUT2D eigenvalue weighted by molar-refractivity contribution is 0.306. The minimum atomic E-state index is 0.421. The first-order chi connectivity index (χ1) is 5.10. The minimum Gasteiger partial charge on any atom is -0.310 e. The highest BCUT2D eigenvalue weighted by atomic mass is 15.3. The Morgan fingerprint density at radius 2 is 2.18 bits per heavy atom. The van der Waals surface area contributed by atoms with Crippen LogP contribution in [0.3, 0.4) is 0 Å². The highest BCUT2D eigenvalue weighted by Gasteiger charge is 2.18. The molecule has 0 radical (unpaired) electrons. The van der Waals surface area contributed by atoms with Crippen LogP contribution in [0.1, 0.15) is 40.0 Å². The van der Waals surface area contributed by atoms with Crippen LogP contribution in [0, 0.1) is 5.41 Å². The zero-order valence-corrected chi connectivity index (χ0v) is 7.78. The molecule has 0 unspecified atom stereocenters. The van der Waals surface area contributed by atoms with Gasteiger partial charge in [0, 0.05) is 12.3 Å². The van der Waals surface area contributed by atoms with E-state index in [1.807, 2.05) is 0 Å². The highest BCUT2D eigenvalue weighted by Crippen LogP contribution is 2.23. The fourth-order valence-electron chi connectivity index (χ4n) is 1.36. The average molecular weight is 154 g/mol. The van der Waals surface area contributed by atoms with Gasteiger partial charge in [0.05, 0.1) is 0 Å². The first kappa shape index (κ1) is 8.57. The van der Waals surface area contributed by atoms with E-state index in [-0.39, 0.29) is 0 Å². The Bertz CT molecular complexity index is 159. The minimum absolute atomic E-state index is 0.421. The average Bonchev–Trinajstić information content (AvgIpc) is 1.83. The first-order valence-corrected chi connectivity index (χ1v) is 4.36. The molecule has 0 bridgehead atoms. The van der Waals surface area contributed by atoms with Crippen LogP contribution < -0.4 is 5.43 Å². The number of rotatable bonds is 0. The molecule has 2 heteroatoms. The van der Waals surface area contributed by atoms with Crippen LogP contribution in [-0.2, 0) is 0 Å². The molecule has 64 valence electrons. The topological polar surface area (TPSA) is 24.4 Å². The van der Waals surface area contributed by atoms with Crippen molar-refractivity contribution in [3.8, 4) is 0 Å². The molecule has 0 saturated heterocycles. The first-order valence-electron chi connectivity index (χ1n) is 4.36. The van der Waals surface area contributed by atoms with Crippen LogP contribution in [0.15, 0.2) is 5.10 Å². The summed E-state index contributed by atoms with van der Waals surface area (Å²) in [5.74, 6) is 0. The lowest BCUT2D eigenvalue weighted by Crippen LogP contribution is -2.28. The Kier molecular flexibility index (Phi) is 2.53. The second-order valence-electron chi connectivity index (χ2n) is 4.20. The van der Waals surface area contributed by atoms with E-state index in [1.165, 1.54) is 18.6 Å². The second-order valence-corrected chi connectivity index (χ2v) is 4.20. The van der Waals surface area contributed by atoms with E-state index < -0.39 is 0 Å². The summed E-state index contributed by atoms with van der Waals surface area (Å²) >= 11 is 0. The van der Waals surface area contributed by atoms with E-state index in [2.05, 4.69) is 31.3 Å². The highest BCUT2D eigenvalue weighted by molar-refractivity contribution is 5.81. The van der Waals surface area contributed by atoms with E-state index >= 15 is 0 Å². The monoisotopic (exact) mass is 154 g/mol. The molecule has 1 heterocycles. The lowest BCUT2D eigenvalue weighted by atomic mass is 9.86. The fourth-order valence-corrected chi connectivity index (χ4v) is 1.36. The summed E-state index contributed by atoms with van der Waals surface area (Å²) in [4.78, 5) is 0. The third-order valence-corrected chi connectivity index (χ3v) is 2.22. The number of hydrazone groups is 1. The predicted molar refractivity (Wildman–Crippen MR) is 48.7 cm³/mol. The number of nitrogens with zero attached hydrogens (tertiary/aromatic N) is 1. The van der Waals surface area contributed by atoms with Crippen LogP contribution in [-0.4, -0.2) is 12.3 Å². The van der Waals surface area contributed by atoms with Crippen LogP contribution in [0.5, 0.6) is 0 Å². The van der Waals surface area contributed by atoms with Gasteiger partial charge in [0.15, 0.2) is 0 Å². The van der Waals surface area contributed by atoms with E-state index in [9.17, 15) is 0 Å². The van der Waals surface area contributed by atoms with Crippen LogP contribution in [0.25, 0.3) is 0 Å².